The van der Waals surface area contributed by atoms with Crippen molar-refractivity contribution in [1.29, 1.82) is 0 Å². The van der Waals surface area contributed by atoms with Crippen molar-refractivity contribution in [2.24, 2.45) is 0 Å². The number of nitrogens with zero attached hydrogens (tertiary/aromatic N) is 1. The van der Waals surface area contributed by atoms with Gasteiger partial charge < -0.3 is 9.84 Å². The van der Waals surface area contributed by atoms with Gasteiger partial charge in [0.05, 0.1) is 5.69 Å². The van der Waals surface area contributed by atoms with Gasteiger partial charge in [-0.25, -0.2) is 0 Å². The predicted octanol–water partition coefficient (Wildman–Crippen LogP) is 1.06. The number of hydrogen-bond donors (Lipinski definition) is 1. The minimum Gasteiger partial charge on any atom is -0.364 e. The van der Waals surface area contributed by atoms with Crippen LogP contribution in [-0.4, -0.2) is 23.5 Å². The summed E-state index contributed by atoms with van der Waals surface area (Å²) < 4.78 is 4.79. The Bertz CT molecular complexity index is 320. The lowest BCUT2D eigenvalue weighted by Gasteiger charge is -2.11. The molecule has 4 nitrogen and oxygen atoms in total. The molecule has 14 heavy (non-hydrogen) atoms. The second-order valence-corrected chi connectivity index (χ2v) is 3.84. The molecule has 0 radical (unpaired) electrons. The van der Waals surface area contributed by atoms with E-state index in [-0.39, 0.29) is 17.2 Å². The van der Waals surface area contributed by atoms with E-state index in [0.29, 0.717) is 6.54 Å². The van der Waals surface area contributed by atoms with Crippen LogP contribution in [0.4, 0.5) is 0 Å². The Labute approximate surface area is 86.6 Å². The Morgan fingerprint density at radius 2 is 2.50 bits per heavy atom. The lowest BCUT2D eigenvalue weighted by molar-refractivity contribution is -0.118. The van der Waals surface area contributed by atoms with E-state index in [1.807, 2.05) is 6.07 Å². The number of hydrogen-bond acceptors (Lipinski definition) is 3. The van der Waals surface area contributed by atoms with Crippen molar-refractivity contribution in [3.8, 4) is 0 Å². The number of rotatable bonds is 4. The van der Waals surface area contributed by atoms with Gasteiger partial charge in [-0.05, 0) is 12.8 Å². The quantitative estimate of drug-likeness (QED) is 0.763. The molecule has 0 saturated heterocycles. The van der Waals surface area contributed by atoms with Gasteiger partial charge in [-0.1, -0.05) is 5.16 Å². The fourth-order valence-electron chi connectivity index (χ4n) is 1.48. The van der Waals surface area contributed by atoms with Crippen LogP contribution >= 0.6 is 11.6 Å². The minimum atomic E-state index is -0.138. The minimum absolute atomic E-state index is 0.00865. The van der Waals surface area contributed by atoms with E-state index in [2.05, 4.69) is 10.5 Å². The van der Waals surface area contributed by atoms with E-state index in [1.165, 1.54) is 0 Å². The van der Waals surface area contributed by atoms with Crippen molar-refractivity contribution in [2.75, 3.05) is 12.4 Å². The first kappa shape index (κ1) is 9.52. The lowest BCUT2D eigenvalue weighted by Crippen LogP contribution is -2.33. The normalized spacial score (nSPS) is 17.8. The monoisotopic (exact) mass is 214 g/mol. The highest BCUT2D eigenvalue weighted by Crippen LogP contribution is 2.46. The maximum absolute atomic E-state index is 11.0. The van der Waals surface area contributed by atoms with Gasteiger partial charge in [0.25, 0.3) is 0 Å². The number of halogens is 1. The summed E-state index contributed by atoms with van der Waals surface area (Å²) in [5, 5.41) is 6.67. The number of alkyl halides is 1. The summed E-state index contributed by atoms with van der Waals surface area (Å²) in [5.74, 6) is -0.129. The average molecular weight is 215 g/mol. The van der Waals surface area contributed by atoms with Gasteiger partial charge in [-0.15, -0.1) is 11.6 Å². The van der Waals surface area contributed by atoms with E-state index in [9.17, 15) is 4.79 Å². The smallest absolute Gasteiger partial charge is 0.234 e. The van der Waals surface area contributed by atoms with Crippen molar-refractivity contribution in [3.05, 3.63) is 18.0 Å². The number of amides is 1. The van der Waals surface area contributed by atoms with E-state index >= 15 is 0 Å². The molecular formula is C9H11ClN2O2. The highest BCUT2D eigenvalue weighted by Gasteiger charge is 2.46. The summed E-state index contributed by atoms with van der Waals surface area (Å²) in [6.07, 6.45) is 3.64. The molecule has 0 unspecified atom stereocenters. The van der Waals surface area contributed by atoms with E-state index < -0.39 is 0 Å². The van der Waals surface area contributed by atoms with Crippen LogP contribution in [0.15, 0.2) is 16.9 Å². The fraction of sp³-hybridized carbons (Fsp3) is 0.556. The number of nitrogens with one attached hydrogen (secondary N) is 1. The third-order valence-electron chi connectivity index (χ3n) is 2.58. The Morgan fingerprint density at radius 3 is 3.00 bits per heavy atom. The van der Waals surface area contributed by atoms with Gasteiger partial charge in [0.1, 0.15) is 12.1 Å². The fourth-order valence-corrected chi connectivity index (χ4v) is 1.57. The predicted molar refractivity (Wildman–Crippen MR) is 51.1 cm³/mol. The van der Waals surface area contributed by atoms with E-state index in [0.717, 1.165) is 18.5 Å². The molecule has 1 aliphatic carbocycles. The highest BCUT2D eigenvalue weighted by molar-refractivity contribution is 6.27. The molecule has 1 fully saturated rings. The summed E-state index contributed by atoms with van der Waals surface area (Å²) in [6, 6.07) is 1.85. The summed E-state index contributed by atoms with van der Waals surface area (Å²) in [5.41, 5.74) is 0.932. The second kappa shape index (κ2) is 3.61. The first-order valence-electron chi connectivity index (χ1n) is 4.50. The van der Waals surface area contributed by atoms with Crippen LogP contribution in [0.2, 0.25) is 0 Å². The van der Waals surface area contributed by atoms with Crippen LogP contribution in [0.25, 0.3) is 0 Å². The van der Waals surface area contributed by atoms with E-state index in [4.69, 9.17) is 16.1 Å². The Kier molecular flexibility index (Phi) is 2.46. The molecule has 1 N–H and O–H groups in total. The second-order valence-electron chi connectivity index (χ2n) is 3.58. The van der Waals surface area contributed by atoms with E-state index in [1.54, 1.807) is 6.26 Å². The van der Waals surface area contributed by atoms with Crippen molar-refractivity contribution in [3.63, 3.8) is 0 Å². The first-order chi connectivity index (χ1) is 6.77. The number of aromatic nitrogens is 1. The van der Waals surface area contributed by atoms with Crippen LogP contribution in [0.5, 0.6) is 0 Å². The Hall–Kier alpha value is -1.03. The summed E-state index contributed by atoms with van der Waals surface area (Å²) in [7, 11) is 0. The molecule has 1 saturated carbocycles. The number of carbonyl (C=O) groups is 1. The maximum atomic E-state index is 11.0. The molecule has 1 amide bonds. The third kappa shape index (κ3) is 1.75. The molecule has 0 atom stereocenters. The number of carbonyl (C=O) groups excluding carboxylic acids is 1. The van der Waals surface area contributed by atoms with Crippen LogP contribution in [-0.2, 0) is 10.2 Å². The molecule has 2 rings (SSSR count). The van der Waals surface area contributed by atoms with Crippen LogP contribution < -0.4 is 5.32 Å². The van der Waals surface area contributed by atoms with Gasteiger partial charge in [-0.3, -0.25) is 4.79 Å². The molecular weight excluding hydrogens is 204 g/mol. The van der Waals surface area contributed by atoms with Gasteiger partial charge >= 0.3 is 0 Å². The van der Waals surface area contributed by atoms with Gasteiger partial charge in [0, 0.05) is 18.0 Å². The van der Waals surface area contributed by atoms with Crippen molar-refractivity contribution in [1.82, 2.24) is 10.5 Å². The Balaban J connectivity index is 1.94. The molecule has 1 aliphatic rings. The molecule has 76 valence electrons. The zero-order chi connectivity index (χ0) is 10.0. The molecule has 0 spiro atoms. The lowest BCUT2D eigenvalue weighted by atomic mass is 10.0. The molecule has 5 heteroatoms. The summed E-state index contributed by atoms with van der Waals surface area (Å²) in [6.45, 7) is 0.602. The van der Waals surface area contributed by atoms with Crippen molar-refractivity contribution < 1.29 is 9.32 Å². The molecule has 1 aromatic rings. The Morgan fingerprint density at radius 1 is 1.71 bits per heavy atom. The standard InChI is InChI=1S/C9H11ClN2O2/c10-5-8(13)11-6-9(2-3-9)7-1-4-14-12-7/h1,4H,2-3,5-6H2,(H,11,13). The molecule has 0 aliphatic heterocycles. The molecule has 0 aromatic carbocycles. The zero-order valence-corrected chi connectivity index (χ0v) is 8.38. The zero-order valence-electron chi connectivity index (χ0n) is 7.62. The summed E-state index contributed by atoms with van der Waals surface area (Å²) in [4.78, 5) is 11.0. The molecule has 1 heterocycles. The third-order valence-corrected chi connectivity index (χ3v) is 2.82. The van der Waals surface area contributed by atoms with Crippen LogP contribution in [0.1, 0.15) is 18.5 Å². The first-order valence-corrected chi connectivity index (χ1v) is 5.04. The largest absolute Gasteiger partial charge is 0.364 e. The van der Waals surface area contributed by atoms with Gasteiger partial charge in [-0.2, -0.15) is 0 Å². The van der Waals surface area contributed by atoms with Crippen molar-refractivity contribution >= 4 is 17.5 Å². The molecule has 0 bridgehead atoms. The van der Waals surface area contributed by atoms with Gasteiger partial charge in [0.15, 0.2) is 0 Å². The average Bonchev–Trinajstić information content (AvgIpc) is 2.79. The topological polar surface area (TPSA) is 55.1 Å². The SMILES string of the molecule is O=C(CCl)NCC1(c2ccon2)CC1. The molecule has 1 aromatic heterocycles. The highest BCUT2D eigenvalue weighted by atomic mass is 35.5. The maximum Gasteiger partial charge on any atom is 0.234 e. The van der Waals surface area contributed by atoms with Crippen LogP contribution in [0.3, 0.4) is 0 Å². The van der Waals surface area contributed by atoms with Crippen molar-refractivity contribution in [2.45, 2.75) is 18.3 Å². The van der Waals surface area contributed by atoms with Gasteiger partial charge in [0.2, 0.25) is 5.91 Å². The van der Waals surface area contributed by atoms with Crippen LogP contribution in [0, 0.1) is 0 Å². The summed E-state index contributed by atoms with van der Waals surface area (Å²) >= 11 is 5.38.